The van der Waals surface area contributed by atoms with Gasteiger partial charge in [-0.15, -0.1) is 0 Å². The van der Waals surface area contributed by atoms with Crippen LogP contribution in [0.2, 0.25) is 0 Å². The van der Waals surface area contributed by atoms with Crippen LogP contribution in [0.15, 0.2) is 146 Å². The Balaban J connectivity index is 1.36. The number of rotatable bonds is 4. The molecule has 0 aliphatic carbocycles. The quantitative estimate of drug-likeness (QED) is 0.235. The Morgan fingerprint density at radius 2 is 1.10 bits per heavy atom. The summed E-state index contributed by atoms with van der Waals surface area (Å²) in [6.45, 7) is 0. The fraction of sp³-hybridized carbons (Fsp3) is 0. The molecule has 6 aromatic carbocycles. The van der Waals surface area contributed by atoms with Gasteiger partial charge in [-0.3, -0.25) is 0 Å². The Morgan fingerprint density at radius 3 is 1.97 bits per heavy atom. The minimum Gasteiger partial charge on any atom is -0.457 e. The first-order valence-electron chi connectivity index (χ1n) is 13.2. The van der Waals surface area contributed by atoms with Crippen LogP contribution in [0, 0.1) is 0 Å². The second kappa shape index (κ2) is 8.64. The number of hydrogen-bond donors (Lipinski definition) is 0. The molecule has 0 unspecified atom stereocenters. The number of hydrogen-bond acceptors (Lipinski definition) is 1. The van der Waals surface area contributed by atoms with Gasteiger partial charge >= 0.3 is 0 Å². The van der Waals surface area contributed by atoms with Crippen LogP contribution >= 0.6 is 0 Å². The van der Waals surface area contributed by atoms with Gasteiger partial charge < -0.3 is 13.9 Å². The molecule has 184 valence electrons. The molecule has 0 saturated carbocycles. The summed E-state index contributed by atoms with van der Waals surface area (Å²) in [5, 5.41) is 6.30. The lowest BCUT2D eigenvalue weighted by molar-refractivity contribution is 0.482. The third-order valence-electron chi connectivity index (χ3n) is 7.59. The molecular weight excluding hydrogens is 476 g/mol. The highest BCUT2D eigenvalue weighted by Gasteiger charge is 2.17. The maximum Gasteiger partial charge on any atom is 0.129 e. The van der Waals surface area contributed by atoms with Crippen molar-refractivity contribution in [2.45, 2.75) is 0 Å². The minimum absolute atomic E-state index is 0.814. The second-order valence-electron chi connectivity index (χ2n) is 9.84. The van der Waals surface area contributed by atoms with Gasteiger partial charge in [-0.05, 0) is 71.4 Å². The fourth-order valence-corrected chi connectivity index (χ4v) is 5.90. The number of para-hydroxylation sites is 3. The van der Waals surface area contributed by atoms with Gasteiger partial charge in [0.2, 0.25) is 0 Å². The van der Waals surface area contributed by atoms with Crippen LogP contribution in [0.3, 0.4) is 0 Å². The molecule has 0 amide bonds. The van der Waals surface area contributed by atoms with Crippen molar-refractivity contribution in [1.29, 1.82) is 0 Å². The number of nitrogens with zero attached hydrogens (tertiary/aromatic N) is 2. The molecule has 8 aromatic rings. The predicted molar refractivity (Wildman–Crippen MR) is 162 cm³/mol. The van der Waals surface area contributed by atoms with Gasteiger partial charge in [-0.2, -0.15) is 0 Å². The van der Waals surface area contributed by atoms with E-state index in [0.717, 1.165) is 17.2 Å². The zero-order valence-corrected chi connectivity index (χ0v) is 21.2. The summed E-state index contributed by atoms with van der Waals surface area (Å²) < 4.78 is 10.8. The standard InChI is InChI=1S/C36H24N2O/c1-3-10-25(11-4-1)37-23-22-30-29-18-21-35-36(31(29)19-20-33(30)37)32-16-7-8-17-34(32)38(35)26-12-9-15-28(24-26)39-27-13-5-2-6-14-27/h1-24H. The molecule has 0 radical (unpaired) electrons. The van der Waals surface area contributed by atoms with E-state index in [1.165, 1.54) is 49.2 Å². The van der Waals surface area contributed by atoms with E-state index in [2.05, 4.69) is 118 Å². The first-order chi connectivity index (χ1) is 19.3. The second-order valence-corrected chi connectivity index (χ2v) is 9.84. The third kappa shape index (κ3) is 3.44. The molecule has 3 heteroatoms. The van der Waals surface area contributed by atoms with Gasteiger partial charge in [0.15, 0.2) is 0 Å². The van der Waals surface area contributed by atoms with Crippen molar-refractivity contribution in [3.05, 3.63) is 146 Å². The lowest BCUT2D eigenvalue weighted by atomic mass is 10.0. The number of aromatic nitrogens is 2. The van der Waals surface area contributed by atoms with Crippen LogP contribution in [0.1, 0.15) is 0 Å². The molecular formula is C36H24N2O. The van der Waals surface area contributed by atoms with Crippen molar-refractivity contribution in [2.75, 3.05) is 0 Å². The molecule has 0 fully saturated rings. The van der Waals surface area contributed by atoms with E-state index < -0.39 is 0 Å². The van der Waals surface area contributed by atoms with Gasteiger partial charge in [0.1, 0.15) is 11.5 Å². The van der Waals surface area contributed by atoms with E-state index in [0.29, 0.717) is 0 Å². The van der Waals surface area contributed by atoms with Gasteiger partial charge in [0.05, 0.1) is 16.6 Å². The molecule has 0 aliphatic heterocycles. The summed E-state index contributed by atoms with van der Waals surface area (Å²) in [4.78, 5) is 0. The lowest BCUT2D eigenvalue weighted by Gasteiger charge is -2.11. The summed E-state index contributed by atoms with van der Waals surface area (Å²) in [5.41, 5.74) is 5.82. The molecule has 0 saturated heterocycles. The van der Waals surface area contributed by atoms with E-state index in [9.17, 15) is 0 Å². The monoisotopic (exact) mass is 500 g/mol. The topological polar surface area (TPSA) is 19.1 Å². The first-order valence-corrected chi connectivity index (χ1v) is 13.2. The highest BCUT2D eigenvalue weighted by Crippen LogP contribution is 2.40. The van der Waals surface area contributed by atoms with Gasteiger partial charge in [0, 0.05) is 39.8 Å². The predicted octanol–water partition coefficient (Wildman–Crippen LogP) is 9.67. The normalized spacial score (nSPS) is 11.6. The van der Waals surface area contributed by atoms with Crippen molar-refractivity contribution in [3.8, 4) is 22.9 Å². The average molecular weight is 501 g/mol. The molecule has 39 heavy (non-hydrogen) atoms. The lowest BCUT2D eigenvalue weighted by Crippen LogP contribution is -1.94. The maximum atomic E-state index is 6.18. The van der Waals surface area contributed by atoms with Crippen molar-refractivity contribution in [1.82, 2.24) is 9.13 Å². The van der Waals surface area contributed by atoms with Crippen molar-refractivity contribution >= 4 is 43.5 Å². The third-order valence-corrected chi connectivity index (χ3v) is 7.59. The summed E-state index contributed by atoms with van der Waals surface area (Å²) in [6, 6.07) is 48.8. The highest BCUT2D eigenvalue weighted by atomic mass is 16.5. The van der Waals surface area contributed by atoms with Crippen LogP contribution in [0.5, 0.6) is 11.5 Å². The largest absolute Gasteiger partial charge is 0.457 e. The zero-order valence-electron chi connectivity index (χ0n) is 21.2. The van der Waals surface area contributed by atoms with Gasteiger partial charge in [-0.1, -0.05) is 72.8 Å². The number of ether oxygens (including phenoxy) is 1. The summed E-state index contributed by atoms with van der Waals surface area (Å²) in [6.07, 6.45) is 2.17. The molecule has 8 rings (SSSR count). The number of benzene rings is 6. The van der Waals surface area contributed by atoms with E-state index in [-0.39, 0.29) is 0 Å². The van der Waals surface area contributed by atoms with Crippen LogP contribution in [-0.2, 0) is 0 Å². The molecule has 3 nitrogen and oxygen atoms in total. The summed E-state index contributed by atoms with van der Waals surface area (Å²) >= 11 is 0. The highest BCUT2D eigenvalue weighted by molar-refractivity contribution is 6.25. The molecule has 2 aromatic heterocycles. The molecule has 0 atom stereocenters. The van der Waals surface area contributed by atoms with Crippen LogP contribution in [-0.4, -0.2) is 9.13 Å². The molecule has 0 bridgehead atoms. The van der Waals surface area contributed by atoms with E-state index >= 15 is 0 Å². The molecule has 0 N–H and O–H groups in total. The Hall–Kier alpha value is -5.28. The zero-order chi connectivity index (χ0) is 25.8. The molecule has 2 heterocycles. The van der Waals surface area contributed by atoms with Crippen LogP contribution in [0.25, 0.3) is 54.9 Å². The Kier molecular flexibility index (Phi) is 4.82. The maximum absolute atomic E-state index is 6.18. The van der Waals surface area contributed by atoms with Gasteiger partial charge in [-0.25, -0.2) is 0 Å². The van der Waals surface area contributed by atoms with E-state index in [1.54, 1.807) is 0 Å². The summed E-state index contributed by atoms with van der Waals surface area (Å²) in [7, 11) is 0. The Bertz CT molecular complexity index is 2140. The van der Waals surface area contributed by atoms with Crippen molar-refractivity contribution in [2.24, 2.45) is 0 Å². The number of fused-ring (bicyclic) bond motifs is 7. The average Bonchev–Trinajstić information content (AvgIpc) is 3.58. The van der Waals surface area contributed by atoms with Crippen LogP contribution < -0.4 is 4.74 Å². The Morgan fingerprint density at radius 1 is 0.410 bits per heavy atom. The van der Waals surface area contributed by atoms with Crippen molar-refractivity contribution in [3.63, 3.8) is 0 Å². The first kappa shape index (κ1) is 21.8. The molecule has 0 spiro atoms. The SMILES string of the molecule is c1ccc(Oc2cccc(-n3c4ccccc4c4c5ccc6c(ccn6-c6ccccc6)c5ccc43)c2)cc1. The summed E-state index contributed by atoms with van der Waals surface area (Å²) in [5.74, 6) is 1.64. The molecule has 0 aliphatic rings. The van der Waals surface area contributed by atoms with Crippen molar-refractivity contribution < 1.29 is 4.74 Å². The Labute approximate surface area is 225 Å². The van der Waals surface area contributed by atoms with E-state index in [4.69, 9.17) is 4.74 Å². The minimum atomic E-state index is 0.814. The smallest absolute Gasteiger partial charge is 0.129 e. The van der Waals surface area contributed by atoms with Crippen LogP contribution in [0.4, 0.5) is 0 Å². The van der Waals surface area contributed by atoms with Gasteiger partial charge in [0.25, 0.3) is 0 Å². The fourth-order valence-electron chi connectivity index (χ4n) is 5.90. The van der Waals surface area contributed by atoms with E-state index in [1.807, 2.05) is 36.4 Å².